The molecule has 116 valence electrons. The lowest BCUT2D eigenvalue weighted by molar-refractivity contribution is -0.120. The SMILES string of the molecule is CCCc1nc(N(CC(F)(F)F)C(C)C)sc1CNC. The Morgan fingerprint density at radius 1 is 1.35 bits per heavy atom. The van der Waals surface area contributed by atoms with Crippen LogP contribution in [0.4, 0.5) is 18.3 Å². The van der Waals surface area contributed by atoms with Gasteiger partial charge < -0.3 is 10.2 Å². The molecule has 0 aromatic carbocycles. The standard InChI is InChI=1S/C13H22F3N3S/c1-5-6-10-11(7-17-4)20-12(18-10)19(9(2)3)8-13(14,15)16/h9,17H,5-8H2,1-4H3. The highest BCUT2D eigenvalue weighted by Crippen LogP contribution is 2.31. The summed E-state index contributed by atoms with van der Waals surface area (Å²) in [4.78, 5) is 6.78. The van der Waals surface area contributed by atoms with Crippen LogP contribution in [0.15, 0.2) is 0 Å². The Hall–Kier alpha value is -0.820. The van der Waals surface area contributed by atoms with Gasteiger partial charge in [0.05, 0.1) is 5.69 Å². The molecule has 1 aromatic rings. The van der Waals surface area contributed by atoms with Crippen LogP contribution in [0, 0.1) is 0 Å². The van der Waals surface area contributed by atoms with Crippen molar-refractivity contribution in [3.63, 3.8) is 0 Å². The Morgan fingerprint density at radius 3 is 2.45 bits per heavy atom. The maximum atomic E-state index is 12.7. The second-order valence-corrected chi connectivity index (χ2v) is 6.05. The largest absolute Gasteiger partial charge is 0.406 e. The zero-order chi connectivity index (χ0) is 15.3. The second kappa shape index (κ2) is 7.26. The molecule has 1 heterocycles. The van der Waals surface area contributed by atoms with Crippen molar-refractivity contribution in [2.24, 2.45) is 0 Å². The first kappa shape index (κ1) is 17.2. The molecule has 0 saturated carbocycles. The van der Waals surface area contributed by atoms with E-state index in [0.29, 0.717) is 11.7 Å². The third kappa shape index (κ3) is 4.94. The molecule has 0 radical (unpaired) electrons. The number of nitrogens with one attached hydrogen (secondary N) is 1. The summed E-state index contributed by atoms with van der Waals surface area (Å²) in [7, 11) is 1.82. The Morgan fingerprint density at radius 2 is 2.00 bits per heavy atom. The summed E-state index contributed by atoms with van der Waals surface area (Å²) in [5.41, 5.74) is 0.912. The molecule has 0 spiro atoms. The Bertz CT molecular complexity index is 392. The maximum absolute atomic E-state index is 12.7. The average molecular weight is 309 g/mol. The molecular formula is C13H22F3N3S. The van der Waals surface area contributed by atoms with Crippen molar-refractivity contribution in [3.8, 4) is 0 Å². The Labute approximate surface area is 122 Å². The van der Waals surface area contributed by atoms with Crippen molar-refractivity contribution in [1.29, 1.82) is 0 Å². The van der Waals surface area contributed by atoms with Crippen LogP contribution >= 0.6 is 11.3 Å². The monoisotopic (exact) mass is 309 g/mol. The van der Waals surface area contributed by atoms with Gasteiger partial charge in [-0.25, -0.2) is 4.98 Å². The van der Waals surface area contributed by atoms with E-state index in [1.165, 1.54) is 16.2 Å². The number of hydrogen-bond acceptors (Lipinski definition) is 4. The summed E-state index contributed by atoms with van der Waals surface area (Å²) < 4.78 is 38.0. The van der Waals surface area contributed by atoms with Crippen LogP contribution < -0.4 is 10.2 Å². The zero-order valence-corrected chi connectivity index (χ0v) is 13.2. The van der Waals surface area contributed by atoms with Crippen molar-refractivity contribution in [1.82, 2.24) is 10.3 Å². The van der Waals surface area contributed by atoms with E-state index >= 15 is 0 Å². The molecule has 3 nitrogen and oxygen atoms in total. The first-order valence-corrected chi connectivity index (χ1v) is 7.56. The number of anilines is 1. The van der Waals surface area contributed by atoms with Gasteiger partial charge in [-0.2, -0.15) is 13.2 Å². The highest BCUT2D eigenvalue weighted by molar-refractivity contribution is 7.15. The number of hydrogen-bond donors (Lipinski definition) is 1. The van der Waals surface area contributed by atoms with Gasteiger partial charge in [-0.3, -0.25) is 0 Å². The van der Waals surface area contributed by atoms with Crippen molar-refractivity contribution in [3.05, 3.63) is 10.6 Å². The lowest BCUT2D eigenvalue weighted by Gasteiger charge is -2.27. The van der Waals surface area contributed by atoms with Crippen LogP contribution in [0.25, 0.3) is 0 Å². The first-order chi connectivity index (χ1) is 9.28. The van der Waals surface area contributed by atoms with Crippen LogP contribution in [-0.2, 0) is 13.0 Å². The van der Waals surface area contributed by atoms with E-state index in [1.807, 2.05) is 14.0 Å². The van der Waals surface area contributed by atoms with E-state index in [-0.39, 0.29) is 6.04 Å². The van der Waals surface area contributed by atoms with E-state index in [4.69, 9.17) is 0 Å². The van der Waals surface area contributed by atoms with E-state index < -0.39 is 12.7 Å². The van der Waals surface area contributed by atoms with Gasteiger partial charge in [0.1, 0.15) is 6.54 Å². The molecule has 0 fully saturated rings. The van der Waals surface area contributed by atoms with Gasteiger partial charge in [0.25, 0.3) is 0 Å². The lowest BCUT2D eigenvalue weighted by Crippen LogP contribution is -2.39. The number of thiazole rings is 1. The number of rotatable bonds is 7. The maximum Gasteiger partial charge on any atom is 0.406 e. The minimum atomic E-state index is -4.22. The van der Waals surface area contributed by atoms with Gasteiger partial charge in [-0.05, 0) is 27.3 Å². The molecule has 0 bridgehead atoms. The van der Waals surface area contributed by atoms with Gasteiger partial charge in [0.15, 0.2) is 5.13 Å². The fraction of sp³-hybridized carbons (Fsp3) is 0.769. The van der Waals surface area contributed by atoms with E-state index in [0.717, 1.165) is 23.4 Å². The van der Waals surface area contributed by atoms with Crippen LogP contribution in [0.1, 0.15) is 37.8 Å². The molecular weight excluding hydrogens is 287 g/mol. The predicted octanol–water partition coefficient (Wildman–Crippen LogP) is 3.59. The summed E-state index contributed by atoms with van der Waals surface area (Å²) in [6.45, 7) is 5.24. The third-order valence-electron chi connectivity index (χ3n) is 2.81. The average Bonchev–Trinajstić information content (AvgIpc) is 2.69. The Balaban J connectivity index is 3.04. The summed E-state index contributed by atoms with van der Waals surface area (Å²) in [5, 5.41) is 3.51. The molecule has 20 heavy (non-hydrogen) atoms. The molecule has 1 N–H and O–H groups in total. The normalized spacial score (nSPS) is 12.2. The summed E-state index contributed by atoms with van der Waals surface area (Å²) in [6, 6.07) is -0.236. The van der Waals surface area contributed by atoms with Gasteiger partial charge in [0, 0.05) is 17.5 Å². The number of aromatic nitrogens is 1. The summed E-state index contributed by atoms with van der Waals surface area (Å²) in [5.74, 6) is 0. The van der Waals surface area contributed by atoms with Crippen molar-refractivity contribution >= 4 is 16.5 Å². The minimum Gasteiger partial charge on any atom is -0.337 e. The quantitative estimate of drug-likeness (QED) is 0.834. The molecule has 1 rings (SSSR count). The van der Waals surface area contributed by atoms with Crippen LogP contribution in [0.3, 0.4) is 0 Å². The van der Waals surface area contributed by atoms with Gasteiger partial charge in [-0.15, -0.1) is 11.3 Å². The highest BCUT2D eigenvalue weighted by Gasteiger charge is 2.33. The first-order valence-electron chi connectivity index (χ1n) is 6.75. The van der Waals surface area contributed by atoms with Crippen molar-refractivity contribution < 1.29 is 13.2 Å². The molecule has 0 saturated heterocycles. The molecule has 0 aliphatic rings. The number of aryl methyl sites for hydroxylation is 1. The van der Waals surface area contributed by atoms with Gasteiger partial charge >= 0.3 is 6.18 Å². The third-order valence-corrected chi connectivity index (χ3v) is 3.94. The van der Waals surface area contributed by atoms with Gasteiger partial charge in [-0.1, -0.05) is 13.3 Å². The number of alkyl halides is 3. The molecule has 0 atom stereocenters. The molecule has 7 heteroatoms. The smallest absolute Gasteiger partial charge is 0.337 e. The fourth-order valence-corrected chi connectivity index (χ4v) is 3.14. The summed E-state index contributed by atoms with van der Waals surface area (Å²) in [6.07, 6.45) is -2.49. The van der Waals surface area contributed by atoms with E-state index in [9.17, 15) is 13.2 Å². The molecule has 0 unspecified atom stereocenters. The molecule has 0 amide bonds. The van der Waals surface area contributed by atoms with Crippen molar-refractivity contribution in [2.75, 3.05) is 18.5 Å². The highest BCUT2D eigenvalue weighted by atomic mass is 32.1. The Kier molecular flexibility index (Phi) is 6.26. The van der Waals surface area contributed by atoms with E-state index in [1.54, 1.807) is 13.8 Å². The molecule has 1 aromatic heterocycles. The number of nitrogens with zero attached hydrogens (tertiary/aromatic N) is 2. The van der Waals surface area contributed by atoms with Crippen molar-refractivity contribution in [2.45, 2.75) is 52.4 Å². The van der Waals surface area contributed by atoms with E-state index in [2.05, 4.69) is 10.3 Å². The fourth-order valence-electron chi connectivity index (χ4n) is 1.89. The topological polar surface area (TPSA) is 28.2 Å². The number of halogens is 3. The predicted molar refractivity (Wildman–Crippen MR) is 77.4 cm³/mol. The van der Waals surface area contributed by atoms with Crippen LogP contribution in [0.2, 0.25) is 0 Å². The van der Waals surface area contributed by atoms with Gasteiger partial charge in [0.2, 0.25) is 0 Å². The second-order valence-electron chi connectivity index (χ2n) is 4.98. The minimum absolute atomic E-state index is 0.236. The van der Waals surface area contributed by atoms with Crippen LogP contribution in [-0.4, -0.2) is 30.8 Å². The molecule has 0 aliphatic heterocycles. The zero-order valence-electron chi connectivity index (χ0n) is 12.3. The van der Waals surface area contributed by atoms with Crippen LogP contribution in [0.5, 0.6) is 0 Å². The molecule has 0 aliphatic carbocycles. The lowest BCUT2D eigenvalue weighted by atomic mass is 10.2. The summed E-state index contributed by atoms with van der Waals surface area (Å²) >= 11 is 1.35.